The normalized spacial score (nSPS) is 11.1. The third kappa shape index (κ3) is 2.94. The van der Waals surface area contributed by atoms with Crippen molar-refractivity contribution in [3.05, 3.63) is 33.3 Å². The Morgan fingerprint density at radius 3 is 2.35 bits per heavy atom. The SMILES string of the molecule is CC=CCc1c(Cl)c(Cl)c(S)c(S)c1C(=O)O. The molecule has 92 valence electrons. The van der Waals surface area contributed by atoms with Crippen molar-refractivity contribution in [3.8, 4) is 0 Å². The van der Waals surface area contributed by atoms with E-state index >= 15 is 0 Å². The van der Waals surface area contributed by atoms with Gasteiger partial charge in [-0.1, -0.05) is 35.4 Å². The number of benzene rings is 1. The zero-order chi connectivity index (χ0) is 13.2. The Kier molecular flexibility index (Phi) is 5.25. The highest BCUT2D eigenvalue weighted by Crippen LogP contribution is 2.39. The minimum atomic E-state index is -1.09. The van der Waals surface area contributed by atoms with Crippen LogP contribution < -0.4 is 0 Å². The topological polar surface area (TPSA) is 37.3 Å². The Morgan fingerprint density at radius 1 is 1.29 bits per heavy atom. The second-order valence-corrected chi connectivity index (χ2v) is 4.91. The standard InChI is InChI=1S/C11H10Cl2O2S2/c1-2-3-4-5-6(11(14)15)9(16)10(17)8(13)7(5)12/h2-3,16-17H,4H2,1H3,(H,14,15). The van der Waals surface area contributed by atoms with E-state index in [4.69, 9.17) is 23.2 Å². The summed E-state index contributed by atoms with van der Waals surface area (Å²) in [5, 5.41) is 9.62. The van der Waals surface area contributed by atoms with Gasteiger partial charge in [0, 0.05) is 9.79 Å². The van der Waals surface area contributed by atoms with Crippen LogP contribution in [0.2, 0.25) is 10.0 Å². The molecule has 0 saturated carbocycles. The quantitative estimate of drug-likeness (QED) is 0.572. The molecule has 0 amide bonds. The van der Waals surface area contributed by atoms with Crippen LogP contribution in [-0.2, 0) is 6.42 Å². The molecule has 0 heterocycles. The molecule has 2 nitrogen and oxygen atoms in total. The number of thiol groups is 2. The highest BCUT2D eigenvalue weighted by molar-refractivity contribution is 7.83. The number of allylic oxidation sites excluding steroid dienone is 2. The zero-order valence-electron chi connectivity index (χ0n) is 8.87. The van der Waals surface area contributed by atoms with Crippen molar-refractivity contribution in [1.82, 2.24) is 0 Å². The van der Waals surface area contributed by atoms with Crippen LogP contribution in [0, 0.1) is 0 Å². The molecule has 1 aromatic rings. The Morgan fingerprint density at radius 2 is 1.88 bits per heavy atom. The molecule has 0 radical (unpaired) electrons. The van der Waals surface area contributed by atoms with Crippen LogP contribution in [0.15, 0.2) is 21.9 Å². The number of hydrogen-bond donors (Lipinski definition) is 3. The fourth-order valence-corrected chi connectivity index (χ4v) is 2.54. The monoisotopic (exact) mass is 308 g/mol. The molecule has 6 heteroatoms. The number of rotatable bonds is 3. The van der Waals surface area contributed by atoms with Crippen molar-refractivity contribution in [2.24, 2.45) is 0 Å². The van der Waals surface area contributed by atoms with Crippen LogP contribution in [0.25, 0.3) is 0 Å². The Hall–Kier alpha value is -0.290. The first-order valence-corrected chi connectivity index (χ1v) is 6.33. The average molecular weight is 309 g/mol. The van der Waals surface area contributed by atoms with Crippen LogP contribution in [-0.4, -0.2) is 11.1 Å². The van der Waals surface area contributed by atoms with E-state index in [1.807, 2.05) is 13.0 Å². The van der Waals surface area contributed by atoms with Crippen molar-refractivity contribution in [2.75, 3.05) is 0 Å². The minimum Gasteiger partial charge on any atom is -0.478 e. The maximum Gasteiger partial charge on any atom is 0.337 e. The van der Waals surface area contributed by atoms with E-state index < -0.39 is 5.97 Å². The molecule has 0 bridgehead atoms. The third-order valence-corrected chi connectivity index (χ3v) is 4.29. The van der Waals surface area contributed by atoms with Crippen molar-refractivity contribution in [3.63, 3.8) is 0 Å². The van der Waals surface area contributed by atoms with E-state index in [0.717, 1.165) is 0 Å². The molecular weight excluding hydrogens is 299 g/mol. The fourth-order valence-electron chi connectivity index (χ4n) is 1.37. The fraction of sp³-hybridized carbons (Fsp3) is 0.182. The summed E-state index contributed by atoms with van der Waals surface area (Å²) in [6.45, 7) is 1.84. The number of carboxylic acid groups (broad SMARTS) is 1. The summed E-state index contributed by atoms with van der Waals surface area (Å²) >= 11 is 20.3. The zero-order valence-corrected chi connectivity index (χ0v) is 12.2. The van der Waals surface area contributed by atoms with E-state index in [0.29, 0.717) is 12.0 Å². The van der Waals surface area contributed by atoms with Gasteiger partial charge in [-0.25, -0.2) is 4.79 Å². The van der Waals surface area contributed by atoms with Gasteiger partial charge in [-0.2, -0.15) is 0 Å². The van der Waals surface area contributed by atoms with E-state index in [2.05, 4.69) is 25.3 Å². The van der Waals surface area contributed by atoms with Crippen LogP contribution in [0.3, 0.4) is 0 Å². The van der Waals surface area contributed by atoms with Crippen molar-refractivity contribution in [1.29, 1.82) is 0 Å². The minimum absolute atomic E-state index is 0.0471. The Balaban J connectivity index is 3.59. The highest BCUT2D eigenvalue weighted by Gasteiger charge is 2.22. The molecule has 0 saturated heterocycles. The maximum absolute atomic E-state index is 11.2. The summed E-state index contributed by atoms with van der Waals surface area (Å²) in [5.41, 5.74) is 0.496. The van der Waals surface area contributed by atoms with Gasteiger partial charge in [0.1, 0.15) is 0 Å². The average Bonchev–Trinajstić information content (AvgIpc) is 2.28. The smallest absolute Gasteiger partial charge is 0.337 e. The lowest BCUT2D eigenvalue weighted by atomic mass is 10.0. The molecule has 0 spiro atoms. The van der Waals surface area contributed by atoms with Crippen LogP contribution >= 0.6 is 48.5 Å². The Bertz CT molecular complexity index is 499. The van der Waals surface area contributed by atoms with Crippen molar-refractivity contribution >= 4 is 54.4 Å². The lowest BCUT2D eigenvalue weighted by Crippen LogP contribution is -2.06. The summed E-state index contributed by atoms with van der Waals surface area (Å²) < 4.78 is 0. The number of carboxylic acids is 1. The maximum atomic E-state index is 11.2. The number of aromatic carboxylic acids is 1. The van der Waals surface area contributed by atoms with Gasteiger partial charge in [0.25, 0.3) is 0 Å². The van der Waals surface area contributed by atoms with Gasteiger partial charge in [0.2, 0.25) is 0 Å². The predicted molar refractivity (Wildman–Crippen MR) is 76.4 cm³/mol. The molecule has 0 aromatic heterocycles. The second kappa shape index (κ2) is 6.05. The highest BCUT2D eigenvalue weighted by atomic mass is 35.5. The lowest BCUT2D eigenvalue weighted by Gasteiger charge is -2.13. The summed E-state index contributed by atoms with van der Waals surface area (Å²) in [4.78, 5) is 11.7. The molecule has 0 aliphatic rings. The second-order valence-electron chi connectivity index (χ2n) is 3.26. The molecular formula is C11H10Cl2O2S2. The molecule has 0 fully saturated rings. The van der Waals surface area contributed by atoms with Crippen LogP contribution in [0.5, 0.6) is 0 Å². The van der Waals surface area contributed by atoms with E-state index in [1.54, 1.807) is 6.08 Å². The molecule has 0 aliphatic carbocycles. The summed E-state index contributed by atoms with van der Waals surface area (Å²) in [5.74, 6) is -1.09. The molecule has 1 rings (SSSR count). The first-order valence-electron chi connectivity index (χ1n) is 4.68. The Labute approximate surface area is 120 Å². The van der Waals surface area contributed by atoms with E-state index in [-0.39, 0.29) is 25.4 Å². The number of carbonyl (C=O) groups is 1. The summed E-state index contributed by atoms with van der Waals surface area (Å²) in [6.07, 6.45) is 4.00. The molecule has 0 aliphatic heterocycles. The number of hydrogen-bond acceptors (Lipinski definition) is 3. The summed E-state index contributed by atoms with van der Waals surface area (Å²) in [7, 11) is 0. The van der Waals surface area contributed by atoms with Crippen molar-refractivity contribution < 1.29 is 9.90 Å². The third-order valence-electron chi connectivity index (χ3n) is 2.20. The molecule has 17 heavy (non-hydrogen) atoms. The lowest BCUT2D eigenvalue weighted by molar-refractivity contribution is 0.0691. The van der Waals surface area contributed by atoms with E-state index in [1.165, 1.54) is 0 Å². The largest absolute Gasteiger partial charge is 0.478 e. The van der Waals surface area contributed by atoms with Gasteiger partial charge in [-0.3, -0.25) is 0 Å². The first-order chi connectivity index (χ1) is 7.91. The molecule has 0 unspecified atom stereocenters. The van der Waals surface area contributed by atoms with E-state index in [9.17, 15) is 9.90 Å². The van der Waals surface area contributed by atoms with Crippen LogP contribution in [0.4, 0.5) is 0 Å². The first kappa shape index (κ1) is 14.8. The molecule has 1 N–H and O–H groups in total. The summed E-state index contributed by atoms with van der Waals surface area (Å²) in [6, 6.07) is 0. The molecule has 1 aromatic carbocycles. The van der Waals surface area contributed by atoms with Gasteiger partial charge in [0.15, 0.2) is 0 Å². The van der Waals surface area contributed by atoms with Crippen molar-refractivity contribution in [2.45, 2.75) is 23.1 Å². The number of halogens is 2. The van der Waals surface area contributed by atoms with Gasteiger partial charge in [-0.15, -0.1) is 25.3 Å². The van der Waals surface area contributed by atoms with Gasteiger partial charge in [0.05, 0.1) is 15.6 Å². The van der Waals surface area contributed by atoms with Gasteiger partial charge >= 0.3 is 5.97 Å². The molecule has 0 atom stereocenters. The predicted octanol–water partition coefficient (Wildman–Crippen LogP) is 4.39. The van der Waals surface area contributed by atoms with Gasteiger partial charge < -0.3 is 5.11 Å². The van der Waals surface area contributed by atoms with Gasteiger partial charge in [-0.05, 0) is 18.9 Å². The van der Waals surface area contributed by atoms with Crippen LogP contribution in [0.1, 0.15) is 22.8 Å².